The quantitative estimate of drug-likeness (QED) is 0.789. The topological polar surface area (TPSA) is 58.6 Å². The van der Waals surface area contributed by atoms with E-state index in [4.69, 9.17) is 9.84 Å². The Morgan fingerprint density at radius 3 is 2.89 bits per heavy atom. The van der Waals surface area contributed by atoms with E-state index < -0.39 is 0 Å². The second-order valence-corrected chi connectivity index (χ2v) is 3.84. The second kappa shape index (κ2) is 7.49. The zero-order valence-electron chi connectivity index (χ0n) is 10.6. The summed E-state index contributed by atoms with van der Waals surface area (Å²) in [5, 5.41) is 11.4. The van der Waals surface area contributed by atoms with Crippen molar-refractivity contribution in [1.29, 1.82) is 0 Å². The minimum atomic E-state index is -0.197. The molecule has 1 aromatic rings. The molecule has 0 atom stereocenters. The number of nitrogens with one attached hydrogen (secondary N) is 1. The zero-order chi connectivity index (χ0) is 13.4. The molecule has 0 saturated carbocycles. The minimum absolute atomic E-state index is 0.0272. The Balaban J connectivity index is 2.81. The highest BCUT2D eigenvalue weighted by Gasteiger charge is 2.02. The summed E-state index contributed by atoms with van der Waals surface area (Å²) in [7, 11) is 1.47. The van der Waals surface area contributed by atoms with Crippen LogP contribution in [-0.4, -0.2) is 31.3 Å². The lowest BCUT2D eigenvalue weighted by Crippen LogP contribution is -2.17. The van der Waals surface area contributed by atoms with Crippen molar-refractivity contribution in [3.05, 3.63) is 29.3 Å². The van der Waals surface area contributed by atoms with Crippen LogP contribution in [0.4, 0.5) is 5.69 Å². The first-order valence-corrected chi connectivity index (χ1v) is 5.66. The van der Waals surface area contributed by atoms with Crippen LogP contribution in [0, 0.1) is 18.8 Å². The third-order valence-corrected chi connectivity index (χ3v) is 2.11. The normalized spacial score (nSPS) is 9.50. The number of anilines is 1. The molecule has 18 heavy (non-hydrogen) atoms. The van der Waals surface area contributed by atoms with Gasteiger partial charge in [0, 0.05) is 24.8 Å². The van der Waals surface area contributed by atoms with Crippen LogP contribution in [0.2, 0.25) is 0 Å². The van der Waals surface area contributed by atoms with Gasteiger partial charge in [0.1, 0.15) is 6.61 Å². The summed E-state index contributed by atoms with van der Waals surface area (Å²) in [6.45, 7) is 2.01. The fourth-order valence-electron chi connectivity index (χ4n) is 1.48. The molecule has 0 radical (unpaired) electrons. The van der Waals surface area contributed by atoms with Gasteiger partial charge in [0.05, 0.1) is 6.61 Å². The third kappa shape index (κ3) is 5.00. The summed E-state index contributed by atoms with van der Waals surface area (Å²) in [6, 6.07) is 5.59. The van der Waals surface area contributed by atoms with E-state index in [1.54, 1.807) is 6.07 Å². The number of aliphatic hydroxyl groups excluding tert-OH is 1. The monoisotopic (exact) mass is 247 g/mol. The Kier molecular flexibility index (Phi) is 5.92. The molecule has 0 heterocycles. The average Bonchev–Trinajstić information content (AvgIpc) is 2.28. The lowest BCUT2D eigenvalue weighted by Gasteiger charge is -2.06. The number of aryl methyl sites for hydroxylation is 1. The number of rotatable bonds is 4. The number of amides is 1. The van der Waals surface area contributed by atoms with Crippen LogP contribution in [0.1, 0.15) is 17.5 Å². The van der Waals surface area contributed by atoms with Crippen LogP contribution < -0.4 is 5.32 Å². The van der Waals surface area contributed by atoms with Gasteiger partial charge in [-0.2, -0.15) is 0 Å². The van der Waals surface area contributed by atoms with E-state index in [0.717, 1.165) is 11.1 Å². The molecule has 0 unspecified atom stereocenters. The van der Waals surface area contributed by atoms with Gasteiger partial charge in [0.2, 0.25) is 5.91 Å². The lowest BCUT2D eigenvalue weighted by molar-refractivity contribution is -0.119. The highest BCUT2D eigenvalue weighted by Crippen LogP contribution is 2.13. The van der Waals surface area contributed by atoms with Crippen molar-refractivity contribution in [3.63, 3.8) is 0 Å². The maximum atomic E-state index is 11.4. The fraction of sp³-hybridized carbons (Fsp3) is 0.357. The van der Waals surface area contributed by atoms with Crippen LogP contribution in [0.15, 0.2) is 18.2 Å². The molecular weight excluding hydrogens is 230 g/mol. The van der Waals surface area contributed by atoms with Gasteiger partial charge in [-0.15, -0.1) is 0 Å². The molecule has 2 N–H and O–H groups in total. The first-order chi connectivity index (χ1) is 8.65. The van der Waals surface area contributed by atoms with Crippen molar-refractivity contribution in [1.82, 2.24) is 0 Å². The van der Waals surface area contributed by atoms with Crippen molar-refractivity contribution in [3.8, 4) is 11.8 Å². The first-order valence-electron chi connectivity index (χ1n) is 5.66. The minimum Gasteiger partial charge on any atom is -0.395 e. The maximum Gasteiger partial charge on any atom is 0.250 e. The number of hydrogen-bond acceptors (Lipinski definition) is 3. The van der Waals surface area contributed by atoms with E-state index in [-0.39, 0.29) is 19.1 Å². The molecule has 1 amide bonds. The van der Waals surface area contributed by atoms with Crippen LogP contribution in [0.25, 0.3) is 0 Å². The summed E-state index contributed by atoms with van der Waals surface area (Å²) in [5.41, 5.74) is 2.53. The molecule has 0 saturated heterocycles. The third-order valence-electron chi connectivity index (χ3n) is 2.11. The van der Waals surface area contributed by atoms with Crippen LogP contribution in [-0.2, 0) is 9.53 Å². The highest BCUT2D eigenvalue weighted by atomic mass is 16.5. The molecule has 0 bridgehead atoms. The van der Waals surface area contributed by atoms with Gasteiger partial charge in [0.25, 0.3) is 0 Å². The predicted octanol–water partition coefficient (Wildman–Crippen LogP) is 1.31. The summed E-state index contributed by atoms with van der Waals surface area (Å²) in [5.74, 6) is 5.59. The molecule has 96 valence electrons. The molecule has 0 fully saturated rings. The van der Waals surface area contributed by atoms with Gasteiger partial charge in [-0.3, -0.25) is 4.79 Å². The molecule has 1 aromatic carbocycles. The standard InChI is InChI=1S/C14H17NO3/c1-11-7-12(5-3-4-6-16)9-13(8-11)15-14(17)10-18-2/h7-9,16H,4,6,10H2,1-2H3,(H,15,17). The molecule has 0 aromatic heterocycles. The van der Waals surface area contributed by atoms with E-state index in [2.05, 4.69) is 17.2 Å². The number of hydrogen-bond donors (Lipinski definition) is 2. The van der Waals surface area contributed by atoms with Gasteiger partial charge < -0.3 is 15.2 Å². The van der Waals surface area contributed by atoms with Gasteiger partial charge in [-0.1, -0.05) is 11.8 Å². The zero-order valence-corrected chi connectivity index (χ0v) is 10.6. The van der Waals surface area contributed by atoms with E-state index in [1.165, 1.54) is 7.11 Å². The number of carbonyl (C=O) groups is 1. The van der Waals surface area contributed by atoms with E-state index in [1.807, 2.05) is 19.1 Å². The van der Waals surface area contributed by atoms with E-state index in [9.17, 15) is 4.79 Å². The van der Waals surface area contributed by atoms with E-state index in [0.29, 0.717) is 12.1 Å². The number of aliphatic hydroxyl groups is 1. The molecule has 4 nitrogen and oxygen atoms in total. The van der Waals surface area contributed by atoms with Crippen LogP contribution >= 0.6 is 0 Å². The van der Waals surface area contributed by atoms with Crippen molar-refractivity contribution in [2.45, 2.75) is 13.3 Å². The maximum absolute atomic E-state index is 11.4. The van der Waals surface area contributed by atoms with Gasteiger partial charge in [-0.25, -0.2) is 0 Å². The Hall–Kier alpha value is -1.83. The largest absolute Gasteiger partial charge is 0.395 e. The van der Waals surface area contributed by atoms with Crippen LogP contribution in [0.3, 0.4) is 0 Å². The molecule has 4 heteroatoms. The Morgan fingerprint density at radius 1 is 1.44 bits per heavy atom. The Labute approximate surface area is 107 Å². The lowest BCUT2D eigenvalue weighted by atomic mass is 10.1. The summed E-state index contributed by atoms with van der Waals surface area (Å²) < 4.78 is 4.75. The Bertz CT molecular complexity index is 472. The molecule has 0 aliphatic rings. The summed E-state index contributed by atoms with van der Waals surface area (Å²) in [4.78, 5) is 11.4. The molecular formula is C14H17NO3. The predicted molar refractivity (Wildman–Crippen MR) is 70.3 cm³/mol. The van der Waals surface area contributed by atoms with Crippen molar-refractivity contribution in [2.75, 3.05) is 25.6 Å². The number of ether oxygens (including phenoxy) is 1. The first kappa shape index (κ1) is 14.2. The fourth-order valence-corrected chi connectivity index (χ4v) is 1.48. The molecule has 0 aliphatic heterocycles. The molecule has 0 spiro atoms. The summed E-state index contributed by atoms with van der Waals surface area (Å²) in [6.07, 6.45) is 0.444. The van der Waals surface area contributed by atoms with Gasteiger partial charge in [-0.05, 0) is 30.7 Å². The average molecular weight is 247 g/mol. The van der Waals surface area contributed by atoms with Crippen molar-refractivity contribution >= 4 is 11.6 Å². The SMILES string of the molecule is COCC(=O)Nc1cc(C)cc(C#CCCO)c1. The summed E-state index contributed by atoms with van der Waals surface area (Å²) >= 11 is 0. The number of carbonyl (C=O) groups excluding carboxylic acids is 1. The molecule has 0 aliphatic carbocycles. The smallest absolute Gasteiger partial charge is 0.250 e. The van der Waals surface area contributed by atoms with Crippen molar-refractivity contribution in [2.24, 2.45) is 0 Å². The van der Waals surface area contributed by atoms with Gasteiger partial charge in [0.15, 0.2) is 0 Å². The number of methoxy groups -OCH3 is 1. The number of benzene rings is 1. The highest BCUT2D eigenvalue weighted by molar-refractivity contribution is 5.91. The second-order valence-electron chi connectivity index (χ2n) is 3.84. The van der Waals surface area contributed by atoms with E-state index >= 15 is 0 Å². The Morgan fingerprint density at radius 2 is 2.22 bits per heavy atom. The van der Waals surface area contributed by atoms with Crippen LogP contribution in [0.5, 0.6) is 0 Å². The molecule has 1 rings (SSSR count). The van der Waals surface area contributed by atoms with Crippen molar-refractivity contribution < 1.29 is 14.6 Å². The van der Waals surface area contributed by atoms with Gasteiger partial charge >= 0.3 is 0 Å².